The van der Waals surface area contributed by atoms with Crippen LogP contribution in [0.3, 0.4) is 0 Å². The Balaban J connectivity index is 1.43. The lowest BCUT2D eigenvalue weighted by atomic mass is 10.1. The number of aldehydes is 1. The van der Waals surface area contributed by atoms with E-state index in [1.165, 1.54) is 6.33 Å². The summed E-state index contributed by atoms with van der Waals surface area (Å²) in [7, 11) is 0. The first-order valence-electron chi connectivity index (χ1n) is 8.96. The topological polar surface area (TPSA) is 77.1 Å². The minimum absolute atomic E-state index is 0.361. The number of benzene rings is 2. The number of aromatic amines is 1. The summed E-state index contributed by atoms with van der Waals surface area (Å²) in [5.41, 5.74) is 3.75. The number of carbonyl (C=O) groups excluding carboxylic acids is 1. The van der Waals surface area contributed by atoms with Gasteiger partial charge in [0.05, 0.1) is 18.9 Å². The van der Waals surface area contributed by atoms with Crippen molar-refractivity contribution in [2.45, 2.75) is 19.6 Å². The molecule has 0 amide bonds. The lowest BCUT2D eigenvalue weighted by Gasteiger charge is -2.07. The van der Waals surface area contributed by atoms with Gasteiger partial charge in [0, 0.05) is 29.6 Å². The van der Waals surface area contributed by atoms with Gasteiger partial charge in [-0.3, -0.25) is 0 Å². The summed E-state index contributed by atoms with van der Waals surface area (Å²) in [6.07, 6.45) is 4.56. The van der Waals surface area contributed by atoms with Crippen LogP contribution in [0, 0.1) is 0 Å². The number of fused-ring (bicyclic) bond motifs is 1. The van der Waals surface area contributed by atoms with E-state index in [-0.39, 0.29) is 0 Å². The van der Waals surface area contributed by atoms with Gasteiger partial charge in [-0.15, -0.1) is 0 Å². The molecule has 6 nitrogen and oxygen atoms in total. The highest BCUT2D eigenvalue weighted by Gasteiger charge is 2.07. The fraction of sp³-hybridized carbons (Fsp3) is 0.136. The SMILES string of the molecule is O=CCc1c[nH]c2ccc(Oc3cc(COCc4ccccc4)ncn3)cc12. The van der Waals surface area contributed by atoms with Crippen molar-refractivity contribution in [2.24, 2.45) is 0 Å². The van der Waals surface area contributed by atoms with Crippen molar-refractivity contribution in [3.63, 3.8) is 0 Å². The molecule has 2 aromatic carbocycles. The van der Waals surface area contributed by atoms with Crippen LogP contribution >= 0.6 is 0 Å². The summed E-state index contributed by atoms with van der Waals surface area (Å²) < 4.78 is 11.6. The number of rotatable bonds is 8. The lowest BCUT2D eigenvalue weighted by Crippen LogP contribution is -1.98. The van der Waals surface area contributed by atoms with E-state index in [1.807, 2.05) is 54.7 Å². The van der Waals surface area contributed by atoms with Gasteiger partial charge < -0.3 is 19.3 Å². The zero-order valence-corrected chi connectivity index (χ0v) is 15.2. The van der Waals surface area contributed by atoms with Crippen molar-refractivity contribution in [3.05, 3.63) is 83.9 Å². The molecule has 0 fully saturated rings. The Morgan fingerprint density at radius 2 is 1.89 bits per heavy atom. The van der Waals surface area contributed by atoms with Crippen molar-refractivity contribution in [3.8, 4) is 11.6 Å². The third kappa shape index (κ3) is 4.24. The highest BCUT2D eigenvalue weighted by Crippen LogP contribution is 2.27. The van der Waals surface area contributed by atoms with E-state index in [2.05, 4.69) is 15.0 Å². The number of H-pyrrole nitrogens is 1. The van der Waals surface area contributed by atoms with Crippen molar-refractivity contribution in [1.29, 1.82) is 0 Å². The third-order valence-electron chi connectivity index (χ3n) is 4.32. The molecule has 140 valence electrons. The second-order valence-electron chi connectivity index (χ2n) is 6.32. The first kappa shape index (κ1) is 17.9. The monoisotopic (exact) mass is 373 g/mol. The van der Waals surface area contributed by atoms with E-state index in [4.69, 9.17) is 9.47 Å². The van der Waals surface area contributed by atoms with Crippen molar-refractivity contribution in [1.82, 2.24) is 15.0 Å². The maximum Gasteiger partial charge on any atom is 0.222 e. The molecule has 1 N–H and O–H groups in total. The predicted octanol–water partition coefficient (Wildman–Crippen LogP) is 4.21. The number of aromatic nitrogens is 3. The first-order valence-corrected chi connectivity index (χ1v) is 8.96. The molecular formula is C22H19N3O3. The Hall–Kier alpha value is -3.51. The fourth-order valence-corrected chi connectivity index (χ4v) is 2.96. The lowest BCUT2D eigenvalue weighted by molar-refractivity contribution is -0.107. The van der Waals surface area contributed by atoms with Gasteiger partial charge in [-0.05, 0) is 29.3 Å². The van der Waals surface area contributed by atoms with E-state index in [0.29, 0.717) is 31.3 Å². The molecule has 0 saturated carbocycles. The predicted molar refractivity (Wildman–Crippen MR) is 105 cm³/mol. The van der Waals surface area contributed by atoms with Gasteiger partial charge in [-0.2, -0.15) is 0 Å². The van der Waals surface area contributed by atoms with Crippen LogP contribution in [0.1, 0.15) is 16.8 Å². The average Bonchev–Trinajstić information content (AvgIpc) is 3.12. The fourth-order valence-electron chi connectivity index (χ4n) is 2.96. The molecule has 4 rings (SSSR count). The molecule has 0 aliphatic heterocycles. The average molecular weight is 373 g/mol. The molecule has 0 unspecified atom stereocenters. The Labute approximate surface area is 162 Å². The van der Waals surface area contributed by atoms with Gasteiger partial charge in [0.2, 0.25) is 5.88 Å². The van der Waals surface area contributed by atoms with Gasteiger partial charge in [0.1, 0.15) is 18.4 Å². The van der Waals surface area contributed by atoms with Crippen LogP contribution in [0.25, 0.3) is 10.9 Å². The standard InChI is InChI=1S/C22H19N3O3/c26-9-8-17-12-23-21-7-6-19(11-20(17)21)28-22-10-18(24-15-25-22)14-27-13-16-4-2-1-3-5-16/h1-7,9-12,15,23H,8,13-14H2. The molecule has 0 saturated heterocycles. The van der Waals surface area contributed by atoms with Crippen molar-refractivity contribution in [2.75, 3.05) is 0 Å². The normalized spacial score (nSPS) is 10.9. The molecule has 0 radical (unpaired) electrons. The van der Waals surface area contributed by atoms with E-state index in [9.17, 15) is 4.79 Å². The molecule has 28 heavy (non-hydrogen) atoms. The Bertz CT molecular complexity index is 1080. The molecule has 6 heteroatoms. The van der Waals surface area contributed by atoms with Gasteiger partial charge in [-0.1, -0.05) is 30.3 Å². The summed E-state index contributed by atoms with van der Waals surface area (Å²) in [4.78, 5) is 22.4. The molecular weight excluding hydrogens is 354 g/mol. The van der Waals surface area contributed by atoms with Crippen molar-refractivity contribution < 1.29 is 14.3 Å². The summed E-state index contributed by atoms with van der Waals surface area (Å²) in [6.45, 7) is 0.888. The molecule has 0 atom stereocenters. The van der Waals surface area contributed by atoms with Gasteiger partial charge in [-0.25, -0.2) is 9.97 Å². The number of carbonyl (C=O) groups is 1. The van der Waals surface area contributed by atoms with Crippen LogP contribution in [0.5, 0.6) is 11.6 Å². The maximum atomic E-state index is 10.8. The van der Waals surface area contributed by atoms with Gasteiger partial charge in [0.25, 0.3) is 0 Å². The maximum absolute atomic E-state index is 10.8. The second-order valence-corrected chi connectivity index (χ2v) is 6.32. The van der Waals surface area contributed by atoms with Crippen LogP contribution < -0.4 is 4.74 Å². The minimum atomic E-state index is 0.361. The molecule has 4 aromatic rings. The van der Waals surface area contributed by atoms with E-state index in [0.717, 1.165) is 34.0 Å². The van der Waals surface area contributed by atoms with Crippen LogP contribution in [0.2, 0.25) is 0 Å². The summed E-state index contributed by atoms with van der Waals surface area (Å²) in [6, 6.07) is 17.4. The minimum Gasteiger partial charge on any atom is -0.439 e. The molecule has 0 bridgehead atoms. The smallest absolute Gasteiger partial charge is 0.222 e. The highest BCUT2D eigenvalue weighted by atomic mass is 16.5. The molecule has 0 aliphatic carbocycles. The van der Waals surface area contributed by atoms with Crippen LogP contribution in [-0.2, 0) is 29.2 Å². The highest BCUT2D eigenvalue weighted by molar-refractivity contribution is 5.86. The zero-order valence-electron chi connectivity index (χ0n) is 15.2. The number of nitrogens with zero attached hydrogens (tertiary/aromatic N) is 2. The largest absolute Gasteiger partial charge is 0.439 e. The van der Waals surface area contributed by atoms with E-state index >= 15 is 0 Å². The molecule has 0 aliphatic rings. The molecule has 0 spiro atoms. The Kier molecular flexibility index (Phi) is 5.40. The number of hydrogen-bond acceptors (Lipinski definition) is 5. The van der Waals surface area contributed by atoms with Crippen molar-refractivity contribution >= 4 is 17.2 Å². The summed E-state index contributed by atoms with van der Waals surface area (Å²) >= 11 is 0. The van der Waals surface area contributed by atoms with Gasteiger partial charge in [0.15, 0.2) is 0 Å². The van der Waals surface area contributed by atoms with Gasteiger partial charge >= 0.3 is 0 Å². The third-order valence-corrected chi connectivity index (χ3v) is 4.32. The Morgan fingerprint density at radius 3 is 2.75 bits per heavy atom. The van der Waals surface area contributed by atoms with E-state index < -0.39 is 0 Å². The Morgan fingerprint density at radius 1 is 1.00 bits per heavy atom. The number of hydrogen-bond donors (Lipinski definition) is 1. The molecule has 2 aromatic heterocycles. The van der Waals surface area contributed by atoms with Crippen LogP contribution in [0.4, 0.5) is 0 Å². The van der Waals surface area contributed by atoms with Crippen LogP contribution in [0.15, 0.2) is 67.1 Å². The van der Waals surface area contributed by atoms with E-state index in [1.54, 1.807) is 6.07 Å². The zero-order chi connectivity index (χ0) is 19.2. The van der Waals surface area contributed by atoms with Crippen LogP contribution in [-0.4, -0.2) is 21.2 Å². The summed E-state index contributed by atoms with van der Waals surface area (Å²) in [5, 5.41) is 0.963. The summed E-state index contributed by atoms with van der Waals surface area (Å²) in [5.74, 6) is 1.09. The second kappa shape index (κ2) is 8.45. The number of ether oxygens (including phenoxy) is 2. The number of nitrogens with one attached hydrogen (secondary N) is 1. The first-order chi connectivity index (χ1) is 13.8. The molecule has 2 heterocycles. The quantitative estimate of drug-likeness (QED) is 0.468.